The van der Waals surface area contributed by atoms with Crippen molar-refractivity contribution in [2.45, 2.75) is 11.3 Å². The molecule has 0 fully saturated rings. The van der Waals surface area contributed by atoms with Gasteiger partial charge in [0.1, 0.15) is 0 Å². The fourth-order valence-corrected chi connectivity index (χ4v) is 4.67. The summed E-state index contributed by atoms with van der Waals surface area (Å²) in [6.45, 7) is 0.348. The number of anilines is 2. The lowest BCUT2D eigenvalue weighted by atomic mass is 10.2. The lowest BCUT2D eigenvalue weighted by Crippen LogP contribution is -2.22. The average molecular weight is 417 g/mol. The molecule has 1 radical (unpaired) electrons. The fraction of sp³-hybridized carbons (Fsp3) is 0.294. The van der Waals surface area contributed by atoms with Crippen molar-refractivity contribution in [2.24, 2.45) is 0 Å². The van der Waals surface area contributed by atoms with E-state index in [-0.39, 0.29) is 22.3 Å². The maximum atomic E-state index is 11.9. The molecule has 26 heavy (non-hydrogen) atoms. The van der Waals surface area contributed by atoms with Crippen LogP contribution >= 0.6 is 11.6 Å². The SMILES string of the molecule is O=S(=O)(CCCl)CCCN(c1cc[c]cc1)c1cccc(S(=O)(=O)O)c1. The molecule has 1 N–H and O–H groups in total. The maximum absolute atomic E-state index is 11.9. The molecule has 0 saturated heterocycles. The number of alkyl halides is 1. The van der Waals surface area contributed by atoms with Crippen molar-refractivity contribution in [3.05, 3.63) is 54.6 Å². The summed E-state index contributed by atoms with van der Waals surface area (Å²) < 4.78 is 55.8. The van der Waals surface area contributed by atoms with Crippen LogP contribution in [0.3, 0.4) is 0 Å². The Morgan fingerprint density at radius 1 is 1.00 bits per heavy atom. The van der Waals surface area contributed by atoms with Gasteiger partial charge < -0.3 is 4.90 Å². The first kappa shape index (κ1) is 20.7. The molecule has 0 spiro atoms. The van der Waals surface area contributed by atoms with Gasteiger partial charge in [-0.1, -0.05) is 18.2 Å². The smallest absolute Gasteiger partial charge is 0.294 e. The van der Waals surface area contributed by atoms with E-state index in [4.69, 9.17) is 11.6 Å². The van der Waals surface area contributed by atoms with Crippen molar-refractivity contribution < 1.29 is 21.4 Å². The standard InChI is InChI=1S/C17H19ClNO5S2/c18-10-13-25(20,21)12-5-11-19(15-6-2-1-3-7-15)16-8-4-9-17(14-16)26(22,23)24/h2-4,6-9,14H,5,10-13H2,(H,22,23,24). The van der Waals surface area contributed by atoms with E-state index < -0.39 is 20.0 Å². The van der Waals surface area contributed by atoms with E-state index in [0.717, 1.165) is 5.69 Å². The van der Waals surface area contributed by atoms with Crippen LogP contribution in [0.25, 0.3) is 0 Å². The second-order valence-electron chi connectivity index (χ2n) is 5.58. The zero-order chi connectivity index (χ0) is 19.2. The Balaban J connectivity index is 2.29. The predicted octanol–water partition coefficient (Wildman–Crippen LogP) is 2.92. The molecule has 0 unspecified atom stereocenters. The molecule has 0 aliphatic heterocycles. The molecule has 0 bridgehead atoms. The zero-order valence-electron chi connectivity index (χ0n) is 13.9. The molecule has 0 atom stereocenters. The molecule has 2 aromatic carbocycles. The minimum atomic E-state index is -4.34. The van der Waals surface area contributed by atoms with Gasteiger partial charge in [0, 0.05) is 23.8 Å². The largest absolute Gasteiger partial charge is 0.341 e. The van der Waals surface area contributed by atoms with Crippen LogP contribution in [-0.2, 0) is 20.0 Å². The molecule has 0 amide bonds. The summed E-state index contributed by atoms with van der Waals surface area (Å²) in [7, 11) is -7.56. The number of hydrogen-bond acceptors (Lipinski definition) is 5. The summed E-state index contributed by atoms with van der Waals surface area (Å²) in [6, 6.07) is 15.7. The molecule has 0 aliphatic rings. The van der Waals surface area contributed by atoms with Crippen molar-refractivity contribution in [1.82, 2.24) is 0 Å². The van der Waals surface area contributed by atoms with Crippen LogP contribution in [-0.4, -0.2) is 45.3 Å². The van der Waals surface area contributed by atoms with Crippen LogP contribution in [0.1, 0.15) is 6.42 Å². The normalized spacial score (nSPS) is 12.1. The second-order valence-corrected chi connectivity index (χ2v) is 9.68. The van der Waals surface area contributed by atoms with E-state index in [9.17, 15) is 21.4 Å². The molecule has 2 aromatic rings. The van der Waals surface area contributed by atoms with E-state index >= 15 is 0 Å². The summed E-state index contributed by atoms with van der Waals surface area (Å²) in [5, 5.41) is 0. The first-order valence-corrected chi connectivity index (χ1v) is 11.6. The van der Waals surface area contributed by atoms with Gasteiger partial charge in [0.2, 0.25) is 0 Å². The molecule has 0 saturated carbocycles. The highest BCUT2D eigenvalue weighted by atomic mass is 35.5. The summed E-state index contributed by atoms with van der Waals surface area (Å²) in [6.07, 6.45) is 0.341. The van der Waals surface area contributed by atoms with E-state index in [1.54, 1.807) is 35.2 Å². The summed E-state index contributed by atoms with van der Waals surface area (Å²) >= 11 is 5.51. The molecule has 9 heteroatoms. The fourth-order valence-electron chi connectivity index (χ4n) is 2.44. The number of nitrogens with zero attached hydrogens (tertiary/aromatic N) is 1. The third-order valence-corrected chi connectivity index (χ3v) is 6.66. The van der Waals surface area contributed by atoms with Crippen LogP contribution in [0.2, 0.25) is 0 Å². The predicted molar refractivity (Wildman–Crippen MR) is 103 cm³/mol. The zero-order valence-corrected chi connectivity index (χ0v) is 16.3. The second kappa shape index (κ2) is 8.85. The maximum Gasteiger partial charge on any atom is 0.294 e. The Bertz CT molecular complexity index is 931. The van der Waals surface area contributed by atoms with Gasteiger partial charge in [-0.3, -0.25) is 4.55 Å². The molecular weight excluding hydrogens is 398 g/mol. The van der Waals surface area contributed by atoms with Gasteiger partial charge in [-0.2, -0.15) is 8.42 Å². The van der Waals surface area contributed by atoms with Gasteiger partial charge in [-0.05, 0) is 42.8 Å². The summed E-state index contributed by atoms with van der Waals surface area (Å²) in [5.41, 5.74) is 1.28. The third-order valence-electron chi connectivity index (χ3n) is 3.66. The number of benzene rings is 2. The Morgan fingerprint density at radius 2 is 1.69 bits per heavy atom. The molecule has 0 heterocycles. The van der Waals surface area contributed by atoms with Crippen LogP contribution in [0.4, 0.5) is 11.4 Å². The lowest BCUT2D eigenvalue weighted by molar-refractivity contribution is 0.483. The molecule has 0 aliphatic carbocycles. The van der Waals surface area contributed by atoms with E-state index in [1.165, 1.54) is 18.2 Å². The van der Waals surface area contributed by atoms with Gasteiger partial charge in [0.05, 0.1) is 16.4 Å². The van der Waals surface area contributed by atoms with Crippen molar-refractivity contribution in [3.63, 3.8) is 0 Å². The summed E-state index contributed by atoms with van der Waals surface area (Å²) in [5.74, 6) is -0.0444. The van der Waals surface area contributed by atoms with Crippen LogP contribution in [0, 0.1) is 6.07 Å². The third kappa shape index (κ3) is 5.98. The highest BCUT2D eigenvalue weighted by Crippen LogP contribution is 2.27. The van der Waals surface area contributed by atoms with Crippen LogP contribution < -0.4 is 4.90 Å². The van der Waals surface area contributed by atoms with Gasteiger partial charge in [0.15, 0.2) is 9.84 Å². The van der Waals surface area contributed by atoms with E-state index in [2.05, 4.69) is 6.07 Å². The van der Waals surface area contributed by atoms with Crippen molar-refractivity contribution in [3.8, 4) is 0 Å². The van der Waals surface area contributed by atoms with Gasteiger partial charge >= 0.3 is 0 Å². The quantitative estimate of drug-likeness (QED) is 0.499. The Morgan fingerprint density at radius 3 is 2.31 bits per heavy atom. The number of halogens is 1. The highest BCUT2D eigenvalue weighted by molar-refractivity contribution is 7.91. The van der Waals surface area contributed by atoms with Gasteiger partial charge in [-0.15, -0.1) is 11.6 Å². The first-order valence-electron chi connectivity index (χ1n) is 7.80. The van der Waals surface area contributed by atoms with Crippen LogP contribution in [0.5, 0.6) is 0 Å². The first-order chi connectivity index (χ1) is 12.2. The highest BCUT2D eigenvalue weighted by Gasteiger charge is 2.16. The monoisotopic (exact) mass is 416 g/mol. The van der Waals surface area contributed by atoms with Crippen molar-refractivity contribution in [1.29, 1.82) is 0 Å². The summed E-state index contributed by atoms with van der Waals surface area (Å²) in [4.78, 5) is 1.57. The van der Waals surface area contributed by atoms with Crippen molar-refractivity contribution >= 4 is 42.9 Å². The molecule has 6 nitrogen and oxygen atoms in total. The minimum absolute atomic E-state index is 0.0207. The Labute approximate surface area is 159 Å². The van der Waals surface area contributed by atoms with E-state index in [0.29, 0.717) is 18.7 Å². The Kier molecular flexibility index (Phi) is 7.05. The van der Waals surface area contributed by atoms with Gasteiger partial charge in [0.25, 0.3) is 10.1 Å². The molecule has 141 valence electrons. The van der Waals surface area contributed by atoms with E-state index in [1.807, 2.05) is 0 Å². The molecule has 0 aromatic heterocycles. The number of sulfone groups is 1. The molecule has 2 rings (SSSR count). The minimum Gasteiger partial charge on any atom is -0.341 e. The molecular formula is C17H19ClNO5S2. The average Bonchev–Trinajstić information content (AvgIpc) is 2.59. The van der Waals surface area contributed by atoms with Crippen molar-refractivity contribution in [2.75, 3.05) is 28.8 Å². The Hall–Kier alpha value is -1.61. The van der Waals surface area contributed by atoms with Gasteiger partial charge in [-0.25, -0.2) is 8.42 Å². The lowest BCUT2D eigenvalue weighted by Gasteiger charge is -2.25. The number of hydrogen-bond donors (Lipinski definition) is 1. The number of rotatable bonds is 9. The van der Waals surface area contributed by atoms with Crippen LogP contribution in [0.15, 0.2) is 53.4 Å². The topological polar surface area (TPSA) is 91.8 Å².